The Morgan fingerprint density at radius 3 is 2.70 bits per heavy atom. The number of carbonyl (C=O) groups excluding carboxylic acids is 2. The molecule has 0 atom stereocenters. The maximum absolute atomic E-state index is 12.6. The van der Waals surface area contributed by atoms with Gasteiger partial charge in [-0.05, 0) is 24.3 Å². The van der Waals surface area contributed by atoms with E-state index in [2.05, 4.69) is 20.3 Å². The molecule has 0 unspecified atom stereocenters. The van der Waals surface area contributed by atoms with E-state index < -0.39 is 5.97 Å². The van der Waals surface area contributed by atoms with E-state index >= 15 is 0 Å². The summed E-state index contributed by atoms with van der Waals surface area (Å²) in [6, 6.07) is 3.79. The van der Waals surface area contributed by atoms with Crippen LogP contribution in [0.15, 0.2) is 26.5 Å². The molecule has 0 N–H and O–H groups in total. The summed E-state index contributed by atoms with van der Waals surface area (Å²) in [5, 5.41) is 13.9. The van der Waals surface area contributed by atoms with E-state index in [1.54, 1.807) is 4.90 Å². The predicted molar refractivity (Wildman–Crippen MR) is 120 cm³/mol. The van der Waals surface area contributed by atoms with Gasteiger partial charge in [0.25, 0.3) is 11.8 Å². The second kappa shape index (κ2) is 11.2. The number of esters is 1. The summed E-state index contributed by atoms with van der Waals surface area (Å²) in [6.45, 7) is 8.27. The average Bonchev–Trinajstić information content (AvgIpc) is 3.52. The van der Waals surface area contributed by atoms with Gasteiger partial charge < -0.3 is 18.6 Å². The van der Waals surface area contributed by atoms with Crippen molar-refractivity contribution in [2.45, 2.75) is 65.3 Å². The first-order valence-electron chi connectivity index (χ1n) is 10.9. The number of ether oxygens (including phenoxy) is 1. The summed E-state index contributed by atoms with van der Waals surface area (Å²) in [4.78, 5) is 31.4. The number of aryl methyl sites for hydroxylation is 1. The molecule has 1 amide bonds. The van der Waals surface area contributed by atoms with E-state index in [0.717, 1.165) is 11.3 Å². The minimum absolute atomic E-state index is 0.155. The zero-order valence-corrected chi connectivity index (χ0v) is 20.2. The maximum Gasteiger partial charge on any atom is 0.306 e. The number of aromatic nitrogens is 4. The Hall–Kier alpha value is -3.08. The van der Waals surface area contributed by atoms with Gasteiger partial charge in [0.1, 0.15) is 0 Å². The van der Waals surface area contributed by atoms with Crippen LogP contribution in [0, 0.1) is 0 Å². The minimum Gasteiger partial charge on any atom is -0.456 e. The topological polar surface area (TPSA) is 124 Å². The number of nitrogens with zero attached hydrogens (tertiary/aromatic N) is 5. The van der Waals surface area contributed by atoms with Crippen LogP contribution in [0.1, 0.15) is 64.6 Å². The largest absolute Gasteiger partial charge is 0.456 e. The lowest BCUT2D eigenvalue weighted by Crippen LogP contribution is -2.35. The number of hydrogen-bond acceptors (Lipinski definition) is 10. The first-order chi connectivity index (χ1) is 15.8. The lowest BCUT2D eigenvalue weighted by atomic mass is 9.96. The van der Waals surface area contributed by atoms with Gasteiger partial charge in [0.15, 0.2) is 12.4 Å². The quantitative estimate of drug-likeness (QED) is 0.381. The van der Waals surface area contributed by atoms with E-state index in [1.807, 2.05) is 45.2 Å². The average molecular weight is 476 g/mol. The van der Waals surface area contributed by atoms with Crippen LogP contribution >= 0.6 is 11.3 Å². The molecule has 0 saturated heterocycles. The number of amides is 1. The van der Waals surface area contributed by atoms with Crippen molar-refractivity contribution in [2.75, 3.05) is 13.2 Å². The molecule has 10 nitrogen and oxygen atoms in total. The third-order valence-electron chi connectivity index (χ3n) is 4.64. The molecular weight excluding hydrogens is 446 g/mol. The molecule has 3 rings (SSSR count). The third-order valence-corrected chi connectivity index (χ3v) is 5.50. The van der Waals surface area contributed by atoms with Crippen molar-refractivity contribution in [3.05, 3.63) is 35.1 Å². The number of hydrogen-bond donors (Lipinski definition) is 0. The molecule has 3 aromatic heterocycles. The van der Waals surface area contributed by atoms with Crippen molar-refractivity contribution < 1.29 is 23.3 Å². The van der Waals surface area contributed by atoms with E-state index in [-0.39, 0.29) is 30.9 Å². The van der Waals surface area contributed by atoms with Crippen molar-refractivity contribution in [3.8, 4) is 10.8 Å². The van der Waals surface area contributed by atoms with Crippen molar-refractivity contribution >= 4 is 23.2 Å². The molecule has 0 aliphatic carbocycles. The fourth-order valence-corrected chi connectivity index (χ4v) is 3.54. The van der Waals surface area contributed by atoms with Gasteiger partial charge in [-0.2, -0.15) is 4.98 Å². The molecule has 0 aromatic carbocycles. The summed E-state index contributed by atoms with van der Waals surface area (Å²) >= 11 is 1.50. The van der Waals surface area contributed by atoms with E-state index in [1.165, 1.54) is 11.3 Å². The predicted octanol–water partition coefficient (Wildman–Crippen LogP) is 3.78. The second-order valence-electron chi connectivity index (χ2n) is 8.57. The molecule has 33 heavy (non-hydrogen) atoms. The van der Waals surface area contributed by atoms with Crippen molar-refractivity contribution in [1.29, 1.82) is 0 Å². The molecule has 0 spiro atoms. The second-order valence-corrected chi connectivity index (χ2v) is 9.52. The molecule has 0 saturated carbocycles. The monoisotopic (exact) mass is 475 g/mol. The van der Waals surface area contributed by atoms with Crippen molar-refractivity contribution in [2.24, 2.45) is 0 Å². The molecule has 0 radical (unpaired) electrons. The van der Waals surface area contributed by atoms with Gasteiger partial charge in [0, 0.05) is 24.8 Å². The Morgan fingerprint density at radius 2 is 2.03 bits per heavy atom. The van der Waals surface area contributed by atoms with Gasteiger partial charge in [0.2, 0.25) is 11.8 Å². The van der Waals surface area contributed by atoms with Gasteiger partial charge >= 0.3 is 5.97 Å². The van der Waals surface area contributed by atoms with E-state index in [0.29, 0.717) is 42.9 Å². The normalized spacial score (nSPS) is 11.5. The van der Waals surface area contributed by atoms with Crippen molar-refractivity contribution in [1.82, 2.24) is 25.2 Å². The molecule has 0 fully saturated rings. The highest BCUT2D eigenvalue weighted by atomic mass is 32.1. The molecule has 3 aromatic rings. The van der Waals surface area contributed by atoms with Crippen molar-refractivity contribution in [3.63, 3.8) is 0 Å². The third kappa shape index (κ3) is 7.21. The summed E-state index contributed by atoms with van der Waals surface area (Å²) < 4.78 is 16.1. The zero-order chi connectivity index (χ0) is 23.8. The lowest BCUT2D eigenvalue weighted by molar-refractivity contribution is -0.152. The van der Waals surface area contributed by atoms with Gasteiger partial charge in [-0.25, -0.2) is 0 Å². The smallest absolute Gasteiger partial charge is 0.306 e. The Bertz CT molecular complexity index is 1040. The number of thiophene rings is 1. The van der Waals surface area contributed by atoms with Gasteiger partial charge in [-0.1, -0.05) is 38.9 Å². The van der Waals surface area contributed by atoms with Gasteiger partial charge in [0.05, 0.1) is 11.4 Å². The molecule has 0 bridgehead atoms. The van der Waals surface area contributed by atoms with Crippen LogP contribution < -0.4 is 0 Å². The Morgan fingerprint density at radius 1 is 1.21 bits per heavy atom. The Kier molecular flexibility index (Phi) is 8.32. The highest BCUT2D eigenvalue weighted by Gasteiger charge is 2.21. The minimum atomic E-state index is -0.451. The van der Waals surface area contributed by atoms with Crippen LogP contribution in [0.25, 0.3) is 10.8 Å². The standard InChI is InChI=1S/C22H29N5O5S/c1-5-11-27(13-17-24-25-20(31-17)15-8-7-12-33-15)18(28)14-30-19(29)10-6-9-16-23-21(26-32-16)22(2,3)4/h7-8,12H,5-6,9-11,13-14H2,1-4H3. The SMILES string of the molecule is CCCN(Cc1nnc(-c2cccs2)o1)C(=O)COC(=O)CCCc1nc(C(C)(C)C)no1. The van der Waals surface area contributed by atoms with Crippen LogP contribution in [0.4, 0.5) is 0 Å². The lowest BCUT2D eigenvalue weighted by Gasteiger charge is -2.20. The summed E-state index contributed by atoms with van der Waals surface area (Å²) in [5.74, 6) is 1.11. The van der Waals surface area contributed by atoms with Crippen LogP contribution in [-0.2, 0) is 32.7 Å². The van der Waals surface area contributed by atoms with Crippen LogP contribution in [0.2, 0.25) is 0 Å². The molecule has 0 aliphatic rings. The molecule has 11 heteroatoms. The van der Waals surface area contributed by atoms with Crippen LogP contribution in [-0.4, -0.2) is 50.3 Å². The zero-order valence-electron chi connectivity index (χ0n) is 19.4. The van der Waals surface area contributed by atoms with E-state index in [4.69, 9.17) is 13.7 Å². The van der Waals surface area contributed by atoms with Gasteiger partial charge in [-0.15, -0.1) is 21.5 Å². The number of rotatable bonds is 11. The molecular formula is C22H29N5O5S. The molecule has 3 heterocycles. The summed E-state index contributed by atoms with van der Waals surface area (Å²) in [7, 11) is 0. The molecule has 178 valence electrons. The van der Waals surface area contributed by atoms with Crippen LogP contribution in [0.5, 0.6) is 0 Å². The maximum atomic E-state index is 12.6. The molecule has 0 aliphatic heterocycles. The first kappa shape index (κ1) is 24.6. The summed E-state index contributed by atoms with van der Waals surface area (Å²) in [6.07, 6.45) is 1.86. The fourth-order valence-electron chi connectivity index (χ4n) is 2.89. The highest BCUT2D eigenvalue weighted by Crippen LogP contribution is 2.23. The van der Waals surface area contributed by atoms with Gasteiger partial charge in [-0.3, -0.25) is 9.59 Å². The first-order valence-corrected chi connectivity index (χ1v) is 11.8. The summed E-state index contributed by atoms with van der Waals surface area (Å²) in [5.41, 5.74) is -0.196. The van der Waals surface area contributed by atoms with E-state index in [9.17, 15) is 9.59 Å². The highest BCUT2D eigenvalue weighted by molar-refractivity contribution is 7.13. The number of carbonyl (C=O) groups is 2. The fraction of sp³-hybridized carbons (Fsp3) is 0.545. The Labute approximate surface area is 196 Å². The Balaban J connectivity index is 1.43. The van der Waals surface area contributed by atoms with Crippen LogP contribution in [0.3, 0.4) is 0 Å².